The molecule has 108 valence electrons. The lowest BCUT2D eigenvalue weighted by Gasteiger charge is -2.18. The Morgan fingerprint density at radius 1 is 1.14 bits per heavy atom. The van der Waals surface area contributed by atoms with Crippen LogP contribution in [0.25, 0.3) is 0 Å². The van der Waals surface area contributed by atoms with Gasteiger partial charge in [-0.15, -0.1) is 0 Å². The zero-order valence-corrected chi connectivity index (χ0v) is 12.1. The van der Waals surface area contributed by atoms with E-state index in [1.807, 2.05) is 13.1 Å². The van der Waals surface area contributed by atoms with Gasteiger partial charge in [0.1, 0.15) is 11.6 Å². The second-order valence-electron chi connectivity index (χ2n) is 4.94. The molecule has 0 aliphatic heterocycles. The first-order valence-corrected chi connectivity index (χ1v) is 6.62. The molecule has 0 fully saturated rings. The van der Waals surface area contributed by atoms with Crippen molar-refractivity contribution in [3.8, 4) is 11.8 Å². The smallest absolute Gasteiger partial charge is 0.123 e. The van der Waals surface area contributed by atoms with Crippen LogP contribution in [0.2, 0.25) is 0 Å². The molecule has 0 amide bonds. The minimum atomic E-state index is -0.232. The van der Waals surface area contributed by atoms with Gasteiger partial charge in [0.2, 0.25) is 0 Å². The molecule has 0 N–H and O–H groups in total. The fourth-order valence-corrected chi connectivity index (χ4v) is 2.22. The van der Waals surface area contributed by atoms with Crippen LogP contribution in [0, 0.1) is 17.1 Å². The molecule has 0 aliphatic carbocycles. The number of hydrogen-bond donors (Lipinski definition) is 0. The van der Waals surface area contributed by atoms with E-state index in [2.05, 4.69) is 11.0 Å². The lowest BCUT2D eigenvalue weighted by molar-refractivity contribution is 0.310. The number of halogens is 1. The van der Waals surface area contributed by atoms with E-state index < -0.39 is 0 Å². The van der Waals surface area contributed by atoms with Crippen LogP contribution in [0.15, 0.2) is 42.5 Å². The first kappa shape index (κ1) is 15.0. The van der Waals surface area contributed by atoms with Crippen molar-refractivity contribution in [3.63, 3.8) is 0 Å². The highest BCUT2D eigenvalue weighted by atomic mass is 19.1. The molecule has 0 unspecified atom stereocenters. The quantitative estimate of drug-likeness (QED) is 0.845. The molecule has 2 rings (SSSR count). The van der Waals surface area contributed by atoms with Gasteiger partial charge in [0.25, 0.3) is 0 Å². The number of nitrogens with zero attached hydrogens (tertiary/aromatic N) is 2. The minimum absolute atomic E-state index is 0.232. The van der Waals surface area contributed by atoms with Crippen LogP contribution in [0.1, 0.15) is 16.7 Å². The number of nitriles is 1. The molecule has 2 aromatic carbocycles. The number of rotatable bonds is 5. The van der Waals surface area contributed by atoms with E-state index in [4.69, 9.17) is 10.00 Å². The Morgan fingerprint density at radius 2 is 1.86 bits per heavy atom. The zero-order valence-electron chi connectivity index (χ0n) is 12.1. The molecule has 21 heavy (non-hydrogen) atoms. The molecule has 0 aliphatic rings. The Morgan fingerprint density at radius 3 is 2.48 bits per heavy atom. The molecule has 0 heterocycles. The highest BCUT2D eigenvalue weighted by Gasteiger charge is 2.08. The van der Waals surface area contributed by atoms with E-state index in [1.165, 1.54) is 12.1 Å². The van der Waals surface area contributed by atoms with Crippen molar-refractivity contribution < 1.29 is 9.13 Å². The maximum absolute atomic E-state index is 12.9. The molecular weight excluding hydrogens is 267 g/mol. The summed E-state index contributed by atoms with van der Waals surface area (Å²) in [7, 11) is 3.59. The van der Waals surface area contributed by atoms with Gasteiger partial charge in [-0.2, -0.15) is 5.26 Å². The summed E-state index contributed by atoms with van der Waals surface area (Å²) in [5.74, 6) is 0.532. The standard InChI is InChI=1S/C17H17FN2O/c1-20(11-13-3-6-16(18)7-4-13)12-15-9-14(10-19)5-8-17(15)21-2/h3-9H,11-12H2,1-2H3. The fourth-order valence-electron chi connectivity index (χ4n) is 2.22. The molecule has 0 radical (unpaired) electrons. The first-order chi connectivity index (χ1) is 10.1. The van der Waals surface area contributed by atoms with E-state index in [0.717, 1.165) is 16.9 Å². The molecule has 0 aromatic heterocycles. The van der Waals surface area contributed by atoms with Gasteiger partial charge in [0, 0.05) is 18.7 Å². The van der Waals surface area contributed by atoms with E-state index >= 15 is 0 Å². The molecule has 4 heteroatoms. The van der Waals surface area contributed by atoms with Gasteiger partial charge in [-0.05, 0) is 42.9 Å². The average Bonchev–Trinajstić information content (AvgIpc) is 2.49. The Labute approximate surface area is 124 Å². The summed E-state index contributed by atoms with van der Waals surface area (Å²) in [5, 5.41) is 8.98. The van der Waals surface area contributed by atoms with Gasteiger partial charge in [0.15, 0.2) is 0 Å². The van der Waals surface area contributed by atoms with Gasteiger partial charge in [-0.3, -0.25) is 4.90 Å². The summed E-state index contributed by atoms with van der Waals surface area (Å²) >= 11 is 0. The summed E-state index contributed by atoms with van der Waals surface area (Å²) in [5.41, 5.74) is 2.61. The van der Waals surface area contributed by atoms with Crippen molar-refractivity contribution in [2.45, 2.75) is 13.1 Å². The van der Waals surface area contributed by atoms with Crippen LogP contribution in [0.5, 0.6) is 5.75 Å². The van der Waals surface area contributed by atoms with E-state index in [-0.39, 0.29) is 5.82 Å². The van der Waals surface area contributed by atoms with Crippen molar-refractivity contribution in [2.24, 2.45) is 0 Å². The third kappa shape index (κ3) is 4.04. The van der Waals surface area contributed by atoms with Crippen molar-refractivity contribution in [2.75, 3.05) is 14.2 Å². The average molecular weight is 284 g/mol. The Hall–Kier alpha value is -2.38. The molecule has 0 saturated carbocycles. The van der Waals surface area contributed by atoms with E-state index in [1.54, 1.807) is 31.4 Å². The molecule has 0 saturated heterocycles. The second-order valence-corrected chi connectivity index (χ2v) is 4.94. The first-order valence-electron chi connectivity index (χ1n) is 6.62. The van der Waals surface area contributed by atoms with Gasteiger partial charge in [-0.25, -0.2) is 4.39 Å². The predicted molar refractivity (Wildman–Crippen MR) is 79.3 cm³/mol. The van der Waals surface area contributed by atoms with Crippen LogP contribution in [0.4, 0.5) is 4.39 Å². The minimum Gasteiger partial charge on any atom is -0.496 e. The van der Waals surface area contributed by atoms with Crippen molar-refractivity contribution in [1.29, 1.82) is 5.26 Å². The number of ether oxygens (including phenoxy) is 1. The van der Waals surface area contributed by atoms with Crippen LogP contribution < -0.4 is 4.74 Å². The largest absolute Gasteiger partial charge is 0.496 e. The second kappa shape index (κ2) is 6.87. The fraction of sp³-hybridized carbons (Fsp3) is 0.235. The zero-order chi connectivity index (χ0) is 15.2. The SMILES string of the molecule is COc1ccc(C#N)cc1CN(C)Cc1ccc(F)cc1. The highest BCUT2D eigenvalue weighted by molar-refractivity contribution is 5.42. The van der Waals surface area contributed by atoms with E-state index in [9.17, 15) is 4.39 Å². The van der Waals surface area contributed by atoms with Crippen LogP contribution >= 0.6 is 0 Å². The van der Waals surface area contributed by atoms with E-state index in [0.29, 0.717) is 18.7 Å². The molecule has 2 aromatic rings. The van der Waals surface area contributed by atoms with Crippen molar-refractivity contribution >= 4 is 0 Å². The van der Waals surface area contributed by atoms with Crippen LogP contribution in [0.3, 0.4) is 0 Å². The molecule has 0 spiro atoms. The molecular formula is C17H17FN2O. The van der Waals surface area contributed by atoms with Crippen molar-refractivity contribution in [1.82, 2.24) is 4.90 Å². The molecule has 0 atom stereocenters. The van der Waals surface area contributed by atoms with Gasteiger partial charge >= 0.3 is 0 Å². The maximum atomic E-state index is 12.9. The van der Waals surface area contributed by atoms with Crippen LogP contribution in [-0.4, -0.2) is 19.1 Å². The number of methoxy groups -OCH3 is 1. The summed E-state index contributed by atoms with van der Waals surface area (Å²) < 4.78 is 18.2. The summed E-state index contributed by atoms with van der Waals surface area (Å²) in [6, 6.07) is 14.0. The summed E-state index contributed by atoms with van der Waals surface area (Å²) in [6.07, 6.45) is 0. The summed E-state index contributed by atoms with van der Waals surface area (Å²) in [4.78, 5) is 2.09. The highest BCUT2D eigenvalue weighted by Crippen LogP contribution is 2.21. The lowest BCUT2D eigenvalue weighted by Crippen LogP contribution is -2.17. The Bertz CT molecular complexity index is 647. The molecule has 0 bridgehead atoms. The topological polar surface area (TPSA) is 36.3 Å². The van der Waals surface area contributed by atoms with Crippen LogP contribution in [-0.2, 0) is 13.1 Å². The van der Waals surface area contributed by atoms with Gasteiger partial charge in [0.05, 0.1) is 18.7 Å². The maximum Gasteiger partial charge on any atom is 0.123 e. The van der Waals surface area contributed by atoms with Gasteiger partial charge in [-0.1, -0.05) is 12.1 Å². The predicted octanol–water partition coefficient (Wildman–Crippen LogP) is 3.34. The summed E-state index contributed by atoms with van der Waals surface area (Å²) in [6.45, 7) is 1.34. The van der Waals surface area contributed by atoms with Crippen molar-refractivity contribution in [3.05, 3.63) is 65.0 Å². The molecule has 3 nitrogen and oxygen atoms in total. The normalized spacial score (nSPS) is 10.4. The third-order valence-corrected chi connectivity index (χ3v) is 3.22. The third-order valence-electron chi connectivity index (χ3n) is 3.22. The van der Waals surface area contributed by atoms with Gasteiger partial charge < -0.3 is 4.74 Å². The Kier molecular flexibility index (Phi) is 4.91. The number of hydrogen-bond acceptors (Lipinski definition) is 3. The Balaban J connectivity index is 2.10. The lowest BCUT2D eigenvalue weighted by atomic mass is 10.1. The number of benzene rings is 2. The monoisotopic (exact) mass is 284 g/mol.